The van der Waals surface area contributed by atoms with Crippen LogP contribution in [-0.2, 0) is 9.47 Å². The van der Waals surface area contributed by atoms with E-state index in [9.17, 15) is 9.59 Å². The average Bonchev–Trinajstić information content (AvgIpc) is 3.32. The summed E-state index contributed by atoms with van der Waals surface area (Å²) in [4.78, 5) is 36.6. The lowest BCUT2D eigenvalue weighted by atomic mass is 10.2. The van der Waals surface area contributed by atoms with Gasteiger partial charge < -0.3 is 19.3 Å². The monoisotopic (exact) mass is 376 g/mol. The number of carbonyl (C=O) groups is 2. The maximum atomic E-state index is 12.7. The first kappa shape index (κ1) is 19.4. The molecular formula is C19H28N4O4. The molecule has 0 N–H and O–H groups in total. The second-order valence-electron chi connectivity index (χ2n) is 8.22. The number of ether oxygens (including phenoxy) is 2. The predicted octanol–water partition coefficient (Wildman–Crippen LogP) is 2.49. The highest BCUT2D eigenvalue weighted by atomic mass is 16.6. The summed E-state index contributed by atoms with van der Waals surface area (Å²) in [6, 6.07) is 0.0857. The van der Waals surface area contributed by atoms with Gasteiger partial charge in [0.05, 0.1) is 25.5 Å². The van der Waals surface area contributed by atoms with E-state index in [0.29, 0.717) is 18.3 Å². The predicted molar refractivity (Wildman–Crippen MR) is 99.7 cm³/mol. The minimum absolute atomic E-state index is 0.0857. The van der Waals surface area contributed by atoms with Crippen LogP contribution in [0.1, 0.15) is 50.5 Å². The van der Waals surface area contributed by atoms with Gasteiger partial charge in [0.2, 0.25) is 0 Å². The lowest BCUT2D eigenvalue weighted by molar-refractivity contribution is 0.0167. The summed E-state index contributed by atoms with van der Waals surface area (Å²) >= 11 is 0. The zero-order chi connectivity index (χ0) is 19.6. The molecule has 3 rings (SSSR count). The molecule has 1 aliphatic carbocycles. The van der Waals surface area contributed by atoms with Crippen LogP contribution in [0, 0.1) is 5.92 Å². The Labute approximate surface area is 159 Å². The number of rotatable bonds is 5. The van der Waals surface area contributed by atoms with Crippen LogP contribution in [0.4, 0.5) is 10.6 Å². The molecule has 1 saturated heterocycles. The Hall–Kier alpha value is -2.38. The quantitative estimate of drug-likeness (QED) is 0.730. The number of methoxy groups -OCH3 is 1. The second kappa shape index (κ2) is 7.70. The Morgan fingerprint density at radius 3 is 2.52 bits per heavy atom. The summed E-state index contributed by atoms with van der Waals surface area (Å²) < 4.78 is 10.3. The van der Waals surface area contributed by atoms with Crippen molar-refractivity contribution in [2.45, 2.75) is 51.7 Å². The number of esters is 1. The number of nitrogens with zero attached hydrogens (tertiary/aromatic N) is 4. The summed E-state index contributed by atoms with van der Waals surface area (Å²) in [6.07, 6.45) is 5.96. The van der Waals surface area contributed by atoms with Crippen LogP contribution in [0.25, 0.3) is 0 Å². The van der Waals surface area contributed by atoms with Gasteiger partial charge >= 0.3 is 12.1 Å². The lowest BCUT2D eigenvalue weighted by Crippen LogP contribution is -2.45. The van der Waals surface area contributed by atoms with Crippen LogP contribution in [-0.4, -0.2) is 65.3 Å². The Morgan fingerprint density at radius 1 is 1.22 bits per heavy atom. The number of carbonyl (C=O) groups excluding carboxylic acids is 2. The third-order valence-corrected chi connectivity index (χ3v) is 4.74. The van der Waals surface area contributed by atoms with E-state index in [-0.39, 0.29) is 17.8 Å². The SMILES string of the molecule is COC(=O)c1cnc(N2CC[C@@H](N(CC3CC3)C(=O)OC(C)(C)C)C2)cn1. The fourth-order valence-corrected chi connectivity index (χ4v) is 3.17. The van der Waals surface area contributed by atoms with Crippen LogP contribution < -0.4 is 4.90 Å². The lowest BCUT2D eigenvalue weighted by Gasteiger charge is -2.31. The molecule has 8 nitrogen and oxygen atoms in total. The molecule has 27 heavy (non-hydrogen) atoms. The Bertz CT molecular complexity index is 682. The van der Waals surface area contributed by atoms with Gasteiger partial charge in [-0.25, -0.2) is 19.6 Å². The molecule has 1 aromatic rings. The first-order valence-electron chi connectivity index (χ1n) is 9.42. The molecule has 0 unspecified atom stereocenters. The van der Waals surface area contributed by atoms with E-state index in [1.807, 2.05) is 25.7 Å². The fraction of sp³-hybridized carbons (Fsp3) is 0.684. The van der Waals surface area contributed by atoms with E-state index < -0.39 is 11.6 Å². The third-order valence-electron chi connectivity index (χ3n) is 4.74. The van der Waals surface area contributed by atoms with Gasteiger partial charge in [-0.1, -0.05) is 0 Å². The second-order valence-corrected chi connectivity index (χ2v) is 8.22. The van der Waals surface area contributed by atoms with Gasteiger partial charge in [-0.05, 0) is 46.0 Å². The highest BCUT2D eigenvalue weighted by Gasteiger charge is 2.37. The maximum absolute atomic E-state index is 12.7. The van der Waals surface area contributed by atoms with Crippen molar-refractivity contribution >= 4 is 17.9 Å². The Morgan fingerprint density at radius 2 is 1.96 bits per heavy atom. The molecule has 0 bridgehead atoms. The Balaban J connectivity index is 1.66. The van der Waals surface area contributed by atoms with Gasteiger partial charge in [-0.15, -0.1) is 0 Å². The number of anilines is 1. The molecule has 2 aliphatic rings. The molecule has 1 aromatic heterocycles. The normalized spacial score (nSPS) is 19.7. The Kier molecular flexibility index (Phi) is 5.53. The number of hydrogen-bond acceptors (Lipinski definition) is 7. The van der Waals surface area contributed by atoms with Crippen molar-refractivity contribution in [1.29, 1.82) is 0 Å². The van der Waals surface area contributed by atoms with E-state index in [4.69, 9.17) is 4.74 Å². The van der Waals surface area contributed by atoms with Crippen LogP contribution in [0.15, 0.2) is 12.4 Å². The average molecular weight is 376 g/mol. The molecular weight excluding hydrogens is 348 g/mol. The minimum Gasteiger partial charge on any atom is -0.464 e. The van der Waals surface area contributed by atoms with Gasteiger partial charge in [-0.3, -0.25) is 0 Å². The first-order chi connectivity index (χ1) is 12.8. The number of hydrogen-bond donors (Lipinski definition) is 0. The van der Waals surface area contributed by atoms with E-state index >= 15 is 0 Å². The van der Waals surface area contributed by atoms with Crippen molar-refractivity contribution in [3.8, 4) is 0 Å². The van der Waals surface area contributed by atoms with Gasteiger partial charge in [0.15, 0.2) is 5.69 Å². The molecule has 1 atom stereocenters. The summed E-state index contributed by atoms with van der Waals surface area (Å²) in [7, 11) is 1.31. The topological polar surface area (TPSA) is 84.9 Å². The third kappa shape index (κ3) is 5.08. The molecule has 2 heterocycles. The van der Waals surface area contributed by atoms with Crippen LogP contribution in [0.3, 0.4) is 0 Å². The van der Waals surface area contributed by atoms with E-state index in [1.165, 1.54) is 26.1 Å². The van der Waals surface area contributed by atoms with E-state index in [0.717, 1.165) is 19.5 Å². The molecule has 0 spiro atoms. The largest absolute Gasteiger partial charge is 0.464 e. The molecule has 1 aliphatic heterocycles. The number of aromatic nitrogens is 2. The minimum atomic E-state index is -0.508. The fourth-order valence-electron chi connectivity index (χ4n) is 3.17. The molecule has 0 radical (unpaired) electrons. The van der Waals surface area contributed by atoms with Crippen molar-refractivity contribution in [2.75, 3.05) is 31.6 Å². The maximum Gasteiger partial charge on any atom is 0.410 e. The van der Waals surface area contributed by atoms with Crippen molar-refractivity contribution < 1.29 is 19.1 Å². The van der Waals surface area contributed by atoms with Crippen LogP contribution >= 0.6 is 0 Å². The smallest absolute Gasteiger partial charge is 0.410 e. The van der Waals surface area contributed by atoms with Crippen molar-refractivity contribution in [2.24, 2.45) is 5.92 Å². The van der Waals surface area contributed by atoms with Crippen LogP contribution in [0.2, 0.25) is 0 Å². The van der Waals surface area contributed by atoms with Crippen molar-refractivity contribution in [3.05, 3.63) is 18.1 Å². The van der Waals surface area contributed by atoms with E-state index in [1.54, 1.807) is 6.20 Å². The highest BCUT2D eigenvalue weighted by molar-refractivity contribution is 5.86. The molecule has 148 valence electrons. The highest BCUT2D eigenvalue weighted by Crippen LogP contribution is 2.32. The summed E-state index contributed by atoms with van der Waals surface area (Å²) in [5.41, 5.74) is -0.326. The van der Waals surface area contributed by atoms with Gasteiger partial charge in [0, 0.05) is 19.6 Å². The van der Waals surface area contributed by atoms with Gasteiger partial charge in [0.25, 0.3) is 0 Å². The van der Waals surface area contributed by atoms with Gasteiger partial charge in [0.1, 0.15) is 11.4 Å². The van der Waals surface area contributed by atoms with E-state index in [2.05, 4.69) is 19.6 Å². The molecule has 0 aromatic carbocycles. The number of amides is 1. The van der Waals surface area contributed by atoms with Crippen LogP contribution in [0.5, 0.6) is 0 Å². The summed E-state index contributed by atoms with van der Waals surface area (Å²) in [5, 5.41) is 0. The zero-order valence-electron chi connectivity index (χ0n) is 16.5. The van der Waals surface area contributed by atoms with Crippen molar-refractivity contribution in [3.63, 3.8) is 0 Å². The molecule has 1 saturated carbocycles. The summed E-state index contributed by atoms with van der Waals surface area (Å²) in [5.74, 6) is 0.778. The molecule has 8 heteroatoms. The molecule has 1 amide bonds. The zero-order valence-corrected chi connectivity index (χ0v) is 16.5. The summed E-state index contributed by atoms with van der Waals surface area (Å²) in [6.45, 7) is 7.87. The van der Waals surface area contributed by atoms with Gasteiger partial charge in [-0.2, -0.15) is 0 Å². The standard InChI is InChI=1S/C19H28N4O4/c1-19(2,3)27-18(25)23(11-13-5-6-13)14-7-8-22(12-14)16-10-20-15(9-21-16)17(24)26-4/h9-10,13-14H,5-8,11-12H2,1-4H3/t14-/m1/s1. The van der Waals surface area contributed by atoms with Crippen molar-refractivity contribution in [1.82, 2.24) is 14.9 Å². The first-order valence-corrected chi connectivity index (χ1v) is 9.42. The molecule has 2 fully saturated rings.